The first-order chi connectivity index (χ1) is 33.4. The maximum absolute atomic E-state index is 2.78. The second-order valence-corrected chi connectivity index (χ2v) is 26.4. The van der Waals surface area contributed by atoms with Crippen molar-refractivity contribution in [1.82, 2.24) is 0 Å². The van der Waals surface area contributed by atoms with Crippen molar-refractivity contribution in [3.63, 3.8) is 0 Å². The van der Waals surface area contributed by atoms with Gasteiger partial charge in [-0.1, -0.05) is 12.2 Å². The molecule has 2 saturated carbocycles. The Bertz CT molecular complexity index is 6620. The Labute approximate surface area is 364 Å². The van der Waals surface area contributed by atoms with Gasteiger partial charge in [-0.25, -0.2) is 0 Å². The zero-order valence-corrected chi connectivity index (χ0v) is 34.2. The minimum absolute atomic E-state index is 0.0206. The number of rotatable bonds is 0. The third kappa shape index (κ3) is 1.16. The summed E-state index contributed by atoms with van der Waals surface area (Å²) in [7, 11) is 0. The van der Waals surface area contributed by atoms with Crippen molar-refractivity contribution in [2.75, 3.05) is 0 Å². The van der Waals surface area contributed by atoms with E-state index in [0.717, 1.165) is 0 Å². The predicted octanol–water partition coefficient (Wildman–Crippen LogP) is 17.7. The van der Waals surface area contributed by atoms with Crippen LogP contribution in [0.3, 0.4) is 0 Å². The van der Waals surface area contributed by atoms with Crippen molar-refractivity contribution < 1.29 is 0 Å². The van der Waals surface area contributed by atoms with Crippen molar-refractivity contribution in [3.05, 3.63) is 34.4 Å². The number of hydrogen-bond donors (Lipinski definition) is 0. The van der Waals surface area contributed by atoms with Gasteiger partial charge in [-0.05, 0) is 343 Å². The Morgan fingerprint density at radius 1 is 0.179 bits per heavy atom. The quantitative estimate of drug-likeness (QED) is 0.106. The lowest BCUT2D eigenvalue weighted by molar-refractivity contribution is -0.0397. The van der Waals surface area contributed by atoms with E-state index in [2.05, 4.69) is 12.2 Å². The lowest BCUT2D eigenvalue weighted by Gasteiger charge is -2.72. The van der Waals surface area contributed by atoms with Crippen molar-refractivity contribution in [2.24, 2.45) is 23.7 Å². The molecule has 0 heterocycles. The predicted molar refractivity (Wildman–Crippen MR) is 282 cm³/mol. The first-order valence-electron chi connectivity index (χ1n) is 25.9. The number of allylic oxidation sites excluding steroid dienone is 2. The molecule has 2 bridgehead atoms. The molecule has 0 N–H and O–H groups in total. The summed E-state index contributed by atoms with van der Waals surface area (Å²) in [6, 6.07) is 0. The van der Waals surface area contributed by atoms with Crippen molar-refractivity contribution >= 4 is 291 Å². The molecule has 2 fully saturated rings. The molecule has 276 valence electrons. The molecule has 0 nitrogen and oxygen atoms in total. The fourth-order valence-corrected chi connectivity index (χ4v) is 27.5. The molecule has 2 spiro atoms. The van der Waals surface area contributed by atoms with E-state index in [1.54, 1.807) is 291 Å². The summed E-state index contributed by atoms with van der Waals surface area (Å²) in [5.74, 6) is 2.67. The van der Waals surface area contributed by atoms with Crippen LogP contribution in [-0.2, 0) is 10.8 Å². The molecule has 4 atom stereocenters. The summed E-state index contributed by atoms with van der Waals surface area (Å²) < 4.78 is 0. The summed E-state index contributed by atoms with van der Waals surface area (Å²) in [4.78, 5) is 0. The molecule has 0 heteroatoms. The number of fused-ring (bicyclic) bond motifs is 5. The van der Waals surface area contributed by atoms with Gasteiger partial charge in [0.05, 0.1) is 0 Å². The summed E-state index contributed by atoms with van der Waals surface area (Å²) in [6.45, 7) is 0. The SMILES string of the molecule is C1=C[C@H]2C[C@@H]1[C@H]1[C@@H]2C23c4c5c6c7c8c9c(c%10c%11c2c2c4c4c%12c5c5c6c6c8c8c%13c9c9c%10c%10c%11c%11c2c2c4c4c%12c%12c5c5c6c8c6c8c%13c9c9c%10c%10c%11c2c2c4c4c%12c5c6c5c8c9c%10c2c45)C713. The fraction of sp³-hybridized carbons (Fsp3) is 0.104. The second kappa shape index (κ2) is 5.10. The largest absolute Gasteiger partial charge is 0.0848 e. The summed E-state index contributed by atoms with van der Waals surface area (Å²) in [5.41, 5.74) is 7.53. The van der Waals surface area contributed by atoms with Gasteiger partial charge in [0.1, 0.15) is 0 Å². The van der Waals surface area contributed by atoms with Gasteiger partial charge in [0, 0.05) is 10.8 Å². The van der Waals surface area contributed by atoms with Crippen LogP contribution in [-0.4, -0.2) is 0 Å². The van der Waals surface area contributed by atoms with Gasteiger partial charge in [0.2, 0.25) is 0 Å². The lowest BCUT2D eigenvalue weighted by Crippen LogP contribution is -2.73. The third-order valence-corrected chi connectivity index (χ3v) is 26.9. The highest BCUT2D eigenvalue weighted by molar-refractivity contribution is 6.82. The summed E-state index contributed by atoms with van der Waals surface area (Å²) in [6.07, 6.45) is 6.94. The van der Waals surface area contributed by atoms with Crippen LogP contribution in [0.2, 0.25) is 0 Å². The Morgan fingerprint density at radius 3 is 0.433 bits per heavy atom. The second-order valence-electron chi connectivity index (χ2n) is 26.4. The molecule has 0 amide bonds. The maximum atomic E-state index is 2.78. The van der Waals surface area contributed by atoms with Gasteiger partial charge in [-0.2, -0.15) is 0 Å². The van der Waals surface area contributed by atoms with Gasteiger partial charge in [-0.3, -0.25) is 0 Å². The van der Waals surface area contributed by atoms with Crippen LogP contribution in [0.25, 0.3) is 291 Å². The topological polar surface area (TPSA) is 0 Å². The van der Waals surface area contributed by atoms with Crippen molar-refractivity contribution in [3.8, 4) is 0 Å². The zero-order valence-electron chi connectivity index (χ0n) is 34.2. The van der Waals surface area contributed by atoms with E-state index in [0.29, 0.717) is 23.7 Å². The van der Waals surface area contributed by atoms with Crippen LogP contribution >= 0.6 is 0 Å². The van der Waals surface area contributed by atoms with Crippen molar-refractivity contribution in [2.45, 2.75) is 17.3 Å². The van der Waals surface area contributed by atoms with E-state index in [9.17, 15) is 0 Å². The van der Waals surface area contributed by atoms with Gasteiger partial charge in [0.25, 0.3) is 0 Å². The minimum Gasteiger partial charge on any atom is -0.0848 e. The van der Waals surface area contributed by atoms with E-state index in [1.807, 2.05) is 22.3 Å². The highest BCUT2D eigenvalue weighted by Gasteiger charge is 2.85. The lowest BCUT2D eigenvalue weighted by atomic mass is 9.28. The molecule has 0 unspecified atom stereocenters. The van der Waals surface area contributed by atoms with Crippen molar-refractivity contribution in [1.29, 1.82) is 0 Å². The van der Waals surface area contributed by atoms with E-state index in [1.165, 1.54) is 6.42 Å². The van der Waals surface area contributed by atoms with Crippen LogP contribution in [0.15, 0.2) is 12.2 Å². The molecule has 7 aliphatic rings. The van der Waals surface area contributed by atoms with Crippen LogP contribution in [0.4, 0.5) is 0 Å². The van der Waals surface area contributed by atoms with E-state index in [4.69, 9.17) is 0 Å². The van der Waals surface area contributed by atoms with Crippen LogP contribution < -0.4 is 0 Å². The average molecular weight is 813 g/mol. The number of benzene rings is 18. The Kier molecular flexibility index (Phi) is 1.80. The molecule has 28 aromatic rings. The van der Waals surface area contributed by atoms with Gasteiger partial charge in [-0.15, -0.1) is 0 Å². The zero-order chi connectivity index (χ0) is 38.9. The Hall–Kier alpha value is -7.80. The highest BCUT2D eigenvalue weighted by atomic mass is 14.9. The molecule has 28 aromatic carbocycles. The molecule has 0 aromatic heterocycles. The standard InChI is InChI=1S/C67H8/c1-2-5-3-4(1)60-61(5)67-64-54-46-36-26-18-10-7-6-8-12-14(10)22-28-20(12)30-24-16(8)17-9(6)13-15-11(7)19(18)27-33-23(15)29-21(13)31-25(17)35-34(24)44-38(30)48-42(28)50(40(46)32(22)26)58(64)56(48)62-52(44)53-45(35)39(31)49-43(29)51-41(33)47(37(27)36)55(54)65(67)59(51)57(49)63(53)66(60,62)67/h1-2,4-5,60-61H,3H2/t4-,5+,60+,61-,66?,67?. The molecule has 7 aliphatic carbocycles. The summed E-state index contributed by atoms with van der Waals surface area (Å²) >= 11 is 0. The smallest absolute Gasteiger partial charge is 0.0406 e. The Balaban J connectivity index is 1.22. The molecular formula is C67H8. The summed E-state index contributed by atoms with van der Waals surface area (Å²) in [5, 5.41) is 92.9. The molecule has 0 saturated heterocycles. The van der Waals surface area contributed by atoms with E-state index >= 15 is 0 Å². The van der Waals surface area contributed by atoms with Crippen LogP contribution in [0.5, 0.6) is 0 Å². The van der Waals surface area contributed by atoms with E-state index < -0.39 is 0 Å². The van der Waals surface area contributed by atoms with Gasteiger partial charge in [0.15, 0.2) is 0 Å². The first-order valence-corrected chi connectivity index (χ1v) is 25.9. The normalized spacial score (nSPS) is 28.6. The molecule has 0 aliphatic heterocycles. The number of hydrogen-bond acceptors (Lipinski definition) is 0. The van der Waals surface area contributed by atoms with Crippen LogP contribution in [0, 0.1) is 23.7 Å². The fourth-order valence-electron chi connectivity index (χ4n) is 27.5. The van der Waals surface area contributed by atoms with E-state index in [-0.39, 0.29) is 10.8 Å². The maximum Gasteiger partial charge on any atom is 0.0406 e. The highest BCUT2D eigenvalue weighted by Crippen LogP contribution is 2.92. The first kappa shape index (κ1) is 23.6. The molecular weight excluding hydrogens is 805 g/mol. The minimum atomic E-state index is -0.0206. The third-order valence-electron chi connectivity index (χ3n) is 26.9. The monoisotopic (exact) mass is 812 g/mol. The van der Waals surface area contributed by atoms with Gasteiger partial charge < -0.3 is 0 Å². The molecule has 35 rings (SSSR count). The van der Waals surface area contributed by atoms with Gasteiger partial charge >= 0.3 is 0 Å². The van der Waals surface area contributed by atoms with Crippen LogP contribution in [0.1, 0.15) is 28.7 Å². The average Bonchev–Trinajstić information content (AvgIpc) is 4.16. The molecule has 0 radical (unpaired) electrons. The Morgan fingerprint density at radius 2 is 0.299 bits per heavy atom. The molecule has 67 heavy (non-hydrogen) atoms.